The molecule has 7 heteroatoms. The van der Waals surface area contributed by atoms with Crippen molar-refractivity contribution >= 4 is 11.6 Å². The third-order valence-corrected chi connectivity index (χ3v) is 2.84. The lowest BCUT2D eigenvalue weighted by atomic mass is 9.95. The molecule has 3 nitrogen and oxygen atoms in total. The number of alkyl halides is 3. The lowest BCUT2D eigenvalue weighted by Gasteiger charge is -2.29. The number of hydrogen-bond donors (Lipinski definition) is 2. The molecule has 0 aliphatic heterocycles. The molecule has 0 aliphatic carbocycles. The third kappa shape index (κ3) is 4.12. The predicted octanol–water partition coefficient (Wildman–Crippen LogP) is 2.45. The molecule has 0 aliphatic rings. The van der Waals surface area contributed by atoms with Crippen LogP contribution in [0.25, 0.3) is 0 Å². The third-order valence-electron chi connectivity index (χ3n) is 2.63. The van der Waals surface area contributed by atoms with Crippen molar-refractivity contribution < 1.29 is 13.2 Å². The number of halogens is 4. The Bertz CT molecular complexity index is 407. The topological polar surface area (TPSA) is 50.9 Å². The minimum absolute atomic E-state index is 0.294. The standard InChI is InChI=1S/C11H15ClF3N3/c1-10(2,7-3-4-17-9(12)5-7)18-6-8(16)11(13,14)15/h3-5,8,18H,6,16H2,1-2H3/t8-/m0/s1. The van der Waals surface area contributed by atoms with Crippen LogP contribution < -0.4 is 11.1 Å². The minimum atomic E-state index is -4.40. The van der Waals surface area contributed by atoms with Gasteiger partial charge in [-0.25, -0.2) is 4.98 Å². The van der Waals surface area contributed by atoms with Crippen LogP contribution in [-0.2, 0) is 5.54 Å². The smallest absolute Gasteiger partial charge is 0.319 e. The summed E-state index contributed by atoms with van der Waals surface area (Å²) in [5.74, 6) is 0. The molecule has 102 valence electrons. The summed E-state index contributed by atoms with van der Waals surface area (Å²) in [7, 11) is 0. The summed E-state index contributed by atoms with van der Waals surface area (Å²) in [6, 6.07) is 1.40. The second-order valence-corrected chi connectivity index (χ2v) is 4.91. The zero-order valence-corrected chi connectivity index (χ0v) is 10.8. The molecule has 0 aromatic carbocycles. The van der Waals surface area contributed by atoms with Crippen LogP contribution in [0.2, 0.25) is 5.15 Å². The summed E-state index contributed by atoms with van der Waals surface area (Å²) in [5, 5.41) is 3.07. The second-order valence-electron chi connectivity index (χ2n) is 4.52. The summed E-state index contributed by atoms with van der Waals surface area (Å²) >= 11 is 5.74. The van der Waals surface area contributed by atoms with Gasteiger partial charge in [-0.15, -0.1) is 0 Å². The molecule has 18 heavy (non-hydrogen) atoms. The van der Waals surface area contributed by atoms with Crippen LogP contribution in [0, 0.1) is 0 Å². The maximum Gasteiger partial charge on any atom is 0.404 e. The Morgan fingerprint density at radius 2 is 2.06 bits per heavy atom. The number of pyridine rings is 1. The Morgan fingerprint density at radius 3 is 2.56 bits per heavy atom. The highest BCUT2D eigenvalue weighted by molar-refractivity contribution is 6.29. The van der Waals surface area contributed by atoms with E-state index in [-0.39, 0.29) is 6.54 Å². The van der Waals surface area contributed by atoms with Gasteiger partial charge in [0, 0.05) is 18.3 Å². The number of aromatic nitrogens is 1. The molecule has 0 saturated carbocycles. The molecule has 0 fully saturated rings. The molecule has 0 saturated heterocycles. The van der Waals surface area contributed by atoms with E-state index in [4.69, 9.17) is 17.3 Å². The molecule has 1 rings (SSSR count). The normalized spacial score (nSPS) is 14.6. The van der Waals surface area contributed by atoms with Crippen molar-refractivity contribution in [2.24, 2.45) is 5.73 Å². The van der Waals surface area contributed by atoms with Gasteiger partial charge in [0.05, 0.1) is 0 Å². The zero-order valence-electron chi connectivity index (χ0n) is 10.1. The first-order chi connectivity index (χ1) is 8.13. The Kier molecular flexibility index (Phi) is 4.58. The van der Waals surface area contributed by atoms with E-state index in [0.717, 1.165) is 5.56 Å². The van der Waals surface area contributed by atoms with Crippen LogP contribution in [0.4, 0.5) is 13.2 Å². The molecule has 0 bridgehead atoms. The molecule has 0 spiro atoms. The second kappa shape index (κ2) is 5.42. The zero-order chi connectivity index (χ0) is 14.0. The van der Waals surface area contributed by atoms with E-state index in [1.807, 2.05) is 0 Å². The van der Waals surface area contributed by atoms with E-state index in [0.29, 0.717) is 5.15 Å². The van der Waals surface area contributed by atoms with Crippen LogP contribution in [-0.4, -0.2) is 23.7 Å². The molecular weight excluding hydrogens is 267 g/mol. The van der Waals surface area contributed by atoms with Gasteiger partial charge in [-0.2, -0.15) is 13.2 Å². The first-order valence-corrected chi connectivity index (χ1v) is 5.70. The van der Waals surface area contributed by atoms with Crippen molar-refractivity contribution in [3.05, 3.63) is 29.0 Å². The van der Waals surface area contributed by atoms with Crippen LogP contribution in [0.3, 0.4) is 0 Å². The van der Waals surface area contributed by atoms with E-state index in [1.165, 1.54) is 6.20 Å². The highest BCUT2D eigenvalue weighted by atomic mass is 35.5. The molecule has 0 amide bonds. The quantitative estimate of drug-likeness (QED) is 0.834. The van der Waals surface area contributed by atoms with Crippen molar-refractivity contribution in [2.45, 2.75) is 31.6 Å². The fourth-order valence-electron chi connectivity index (χ4n) is 1.37. The highest BCUT2D eigenvalue weighted by Gasteiger charge is 2.37. The number of nitrogens with two attached hydrogens (primary N) is 1. The Hall–Kier alpha value is -0.850. The summed E-state index contributed by atoms with van der Waals surface area (Å²) < 4.78 is 36.9. The predicted molar refractivity (Wildman–Crippen MR) is 64.3 cm³/mol. The van der Waals surface area contributed by atoms with Gasteiger partial charge in [0.25, 0.3) is 0 Å². The van der Waals surface area contributed by atoms with Gasteiger partial charge in [0.1, 0.15) is 11.2 Å². The maximum absolute atomic E-state index is 12.3. The monoisotopic (exact) mass is 281 g/mol. The Labute approximate surface area is 109 Å². The Morgan fingerprint density at radius 1 is 1.44 bits per heavy atom. The molecule has 1 heterocycles. The lowest BCUT2D eigenvalue weighted by molar-refractivity contribution is -0.147. The van der Waals surface area contributed by atoms with E-state index in [2.05, 4.69) is 10.3 Å². The van der Waals surface area contributed by atoms with Gasteiger partial charge in [-0.3, -0.25) is 0 Å². The Balaban J connectivity index is 2.71. The average Bonchev–Trinajstić information content (AvgIpc) is 2.24. The molecule has 3 N–H and O–H groups in total. The molecule has 0 unspecified atom stereocenters. The van der Waals surface area contributed by atoms with Gasteiger partial charge >= 0.3 is 6.18 Å². The molecule has 0 radical (unpaired) electrons. The summed E-state index contributed by atoms with van der Waals surface area (Å²) in [4.78, 5) is 3.82. The van der Waals surface area contributed by atoms with Crippen LogP contribution >= 0.6 is 11.6 Å². The summed E-state index contributed by atoms with van der Waals surface area (Å²) in [6.07, 6.45) is -2.90. The summed E-state index contributed by atoms with van der Waals surface area (Å²) in [5.41, 5.74) is 5.12. The van der Waals surface area contributed by atoms with Crippen molar-refractivity contribution in [3.63, 3.8) is 0 Å². The SMILES string of the molecule is CC(C)(NC[C@H](N)C(F)(F)F)c1ccnc(Cl)c1. The van der Waals surface area contributed by atoms with E-state index in [1.54, 1.807) is 26.0 Å². The summed E-state index contributed by atoms with van der Waals surface area (Å²) in [6.45, 7) is 3.14. The first-order valence-electron chi connectivity index (χ1n) is 5.32. The highest BCUT2D eigenvalue weighted by Crippen LogP contribution is 2.23. The lowest BCUT2D eigenvalue weighted by Crippen LogP contribution is -2.50. The van der Waals surface area contributed by atoms with Gasteiger partial charge in [0.15, 0.2) is 0 Å². The molecular formula is C11H15ClF3N3. The van der Waals surface area contributed by atoms with E-state index < -0.39 is 17.8 Å². The number of hydrogen-bond acceptors (Lipinski definition) is 3. The molecule has 1 atom stereocenters. The fraction of sp³-hybridized carbons (Fsp3) is 0.545. The maximum atomic E-state index is 12.3. The van der Waals surface area contributed by atoms with Crippen molar-refractivity contribution in [1.29, 1.82) is 0 Å². The minimum Gasteiger partial charge on any atom is -0.319 e. The van der Waals surface area contributed by atoms with Crippen LogP contribution in [0.5, 0.6) is 0 Å². The molecule has 1 aromatic rings. The fourth-order valence-corrected chi connectivity index (χ4v) is 1.55. The largest absolute Gasteiger partial charge is 0.404 e. The first kappa shape index (κ1) is 15.2. The van der Waals surface area contributed by atoms with Crippen LogP contribution in [0.1, 0.15) is 19.4 Å². The van der Waals surface area contributed by atoms with Gasteiger partial charge in [0.2, 0.25) is 0 Å². The van der Waals surface area contributed by atoms with E-state index >= 15 is 0 Å². The van der Waals surface area contributed by atoms with Gasteiger partial charge < -0.3 is 11.1 Å². The van der Waals surface area contributed by atoms with Crippen molar-refractivity contribution in [2.75, 3.05) is 6.54 Å². The average molecular weight is 282 g/mol. The number of rotatable bonds is 4. The molecule has 1 aromatic heterocycles. The van der Waals surface area contributed by atoms with E-state index in [9.17, 15) is 13.2 Å². The number of nitrogens with zero attached hydrogens (tertiary/aromatic N) is 1. The van der Waals surface area contributed by atoms with Crippen LogP contribution in [0.15, 0.2) is 18.3 Å². The number of nitrogens with one attached hydrogen (secondary N) is 1. The van der Waals surface area contributed by atoms with Gasteiger partial charge in [-0.05, 0) is 31.5 Å². The van der Waals surface area contributed by atoms with Gasteiger partial charge in [-0.1, -0.05) is 11.6 Å². The van der Waals surface area contributed by atoms with Crippen molar-refractivity contribution in [3.8, 4) is 0 Å². The van der Waals surface area contributed by atoms with Crippen molar-refractivity contribution in [1.82, 2.24) is 10.3 Å².